The number of pyridine rings is 1. The van der Waals surface area contributed by atoms with Crippen LogP contribution >= 0.6 is 0 Å². The van der Waals surface area contributed by atoms with Gasteiger partial charge in [0.1, 0.15) is 0 Å². The number of allylic oxidation sites excluding steroid dienone is 2. The third kappa shape index (κ3) is 3.69. The highest BCUT2D eigenvalue weighted by molar-refractivity contribution is 5.81. The van der Waals surface area contributed by atoms with Gasteiger partial charge in [-0.2, -0.15) is 0 Å². The van der Waals surface area contributed by atoms with E-state index in [1.165, 1.54) is 11.0 Å². The molecule has 0 saturated heterocycles. The highest BCUT2D eigenvalue weighted by atomic mass is 19.1. The molecule has 0 unspecified atom stereocenters. The molecule has 0 radical (unpaired) electrons. The molecule has 0 bridgehead atoms. The Kier molecular flexibility index (Phi) is 5.09. The number of hydrogen-bond acceptors (Lipinski definition) is 5. The van der Waals surface area contributed by atoms with Crippen molar-refractivity contribution in [3.05, 3.63) is 73.1 Å². The number of aromatic nitrogens is 5. The molecule has 3 aromatic heterocycles. The van der Waals surface area contributed by atoms with Crippen LogP contribution in [0.2, 0.25) is 0 Å². The molecule has 9 heteroatoms. The second-order valence-corrected chi connectivity index (χ2v) is 6.95. The maximum absolute atomic E-state index is 14.7. The van der Waals surface area contributed by atoms with Gasteiger partial charge in [-0.05, 0) is 25.1 Å². The molecular weight excluding hydrogens is 385 g/mol. The van der Waals surface area contributed by atoms with Crippen molar-refractivity contribution in [2.45, 2.75) is 19.4 Å². The minimum absolute atomic E-state index is 0.0860. The first kappa shape index (κ1) is 19.4. The zero-order chi connectivity index (χ0) is 21.3. The van der Waals surface area contributed by atoms with Crippen LogP contribution in [0.15, 0.2) is 66.5 Å². The van der Waals surface area contributed by atoms with Gasteiger partial charge in [-0.15, -0.1) is 10.2 Å². The number of halogens is 1. The molecule has 1 aliphatic heterocycles. The van der Waals surface area contributed by atoms with E-state index in [0.29, 0.717) is 22.8 Å². The van der Waals surface area contributed by atoms with Gasteiger partial charge in [0.15, 0.2) is 17.3 Å². The molecule has 0 aliphatic carbocycles. The Hall–Kier alpha value is -3.88. The molecule has 0 N–H and O–H groups in total. The average Bonchev–Trinajstić information content (AvgIpc) is 3.34. The Labute approximate surface area is 172 Å². The molecule has 0 saturated carbocycles. The number of imidazole rings is 1. The average molecular weight is 405 g/mol. The Balaban J connectivity index is 1.77. The molecule has 1 atom stereocenters. The van der Waals surface area contributed by atoms with Crippen LogP contribution < -0.4 is 0 Å². The van der Waals surface area contributed by atoms with Crippen LogP contribution in [0.3, 0.4) is 0 Å². The van der Waals surface area contributed by atoms with Gasteiger partial charge in [0.2, 0.25) is 5.91 Å². The van der Waals surface area contributed by atoms with E-state index in [1.54, 1.807) is 58.3 Å². The lowest BCUT2D eigenvalue weighted by molar-refractivity contribution is -0.129. The number of carbonyl (C=O) groups is 1. The van der Waals surface area contributed by atoms with E-state index in [4.69, 9.17) is 0 Å². The van der Waals surface area contributed by atoms with E-state index in [1.807, 2.05) is 14.0 Å². The number of aryl methyl sites for hydroxylation is 1. The molecule has 1 amide bonds. The van der Waals surface area contributed by atoms with Gasteiger partial charge in [-0.25, -0.2) is 9.37 Å². The van der Waals surface area contributed by atoms with Crippen LogP contribution in [-0.4, -0.2) is 41.2 Å². The number of amides is 1. The van der Waals surface area contributed by atoms with Crippen molar-refractivity contribution in [2.24, 2.45) is 12.0 Å². The zero-order valence-electron chi connectivity index (χ0n) is 16.6. The Bertz CT molecular complexity index is 1220. The van der Waals surface area contributed by atoms with Gasteiger partial charge in [0, 0.05) is 43.8 Å². The summed E-state index contributed by atoms with van der Waals surface area (Å²) >= 11 is 0. The van der Waals surface area contributed by atoms with Crippen LogP contribution in [0.5, 0.6) is 0 Å². The summed E-state index contributed by atoms with van der Waals surface area (Å²) in [5, 5.41) is 8.16. The molecule has 0 spiro atoms. The molecule has 8 nitrogen and oxygen atoms in total. The van der Waals surface area contributed by atoms with Crippen LogP contribution in [0.25, 0.3) is 16.9 Å². The van der Waals surface area contributed by atoms with Crippen molar-refractivity contribution >= 4 is 17.8 Å². The van der Waals surface area contributed by atoms with Crippen molar-refractivity contribution in [3.8, 4) is 11.3 Å². The SMILES string of the molecule is C=C1/C=C\N([C@@H](C)c2nnc3c(F)cc(-c4cn(C)cn4)cn23)C(=O)C/C=C\C=N1. The third-order valence-electron chi connectivity index (χ3n) is 4.75. The first-order valence-corrected chi connectivity index (χ1v) is 9.34. The first-order valence-electron chi connectivity index (χ1n) is 9.34. The summed E-state index contributed by atoms with van der Waals surface area (Å²) in [4.78, 5) is 22.7. The van der Waals surface area contributed by atoms with E-state index >= 15 is 0 Å². The maximum atomic E-state index is 14.7. The summed E-state index contributed by atoms with van der Waals surface area (Å²) < 4.78 is 18.1. The fourth-order valence-electron chi connectivity index (χ4n) is 3.19. The number of carbonyl (C=O) groups excluding carboxylic acids is 1. The van der Waals surface area contributed by atoms with Crippen molar-refractivity contribution in [1.29, 1.82) is 0 Å². The smallest absolute Gasteiger partial charge is 0.230 e. The van der Waals surface area contributed by atoms with Crippen molar-refractivity contribution < 1.29 is 9.18 Å². The van der Waals surface area contributed by atoms with E-state index in [9.17, 15) is 9.18 Å². The summed E-state index contributed by atoms with van der Waals surface area (Å²) in [5.74, 6) is -0.233. The van der Waals surface area contributed by atoms with Gasteiger partial charge in [-0.1, -0.05) is 12.7 Å². The molecule has 0 fully saturated rings. The minimum Gasteiger partial charge on any atom is -0.340 e. The number of nitrogens with zero attached hydrogens (tertiary/aromatic N) is 7. The summed E-state index contributed by atoms with van der Waals surface area (Å²) in [6, 6.07) is 0.870. The predicted octanol–water partition coefficient (Wildman–Crippen LogP) is 3.22. The quantitative estimate of drug-likeness (QED) is 0.670. The molecule has 30 heavy (non-hydrogen) atoms. The molecule has 0 aromatic carbocycles. The Morgan fingerprint density at radius 1 is 1.27 bits per heavy atom. The number of hydrogen-bond donors (Lipinski definition) is 0. The van der Waals surface area contributed by atoms with E-state index in [2.05, 4.69) is 26.8 Å². The van der Waals surface area contributed by atoms with Crippen molar-refractivity contribution in [3.63, 3.8) is 0 Å². The normalized spacial score (nSPS) is 18.0. The second kappa shape index (κ2) is 7.86. The van der Waals surface area contributed by atoms with Gasteiger partial charge < -0.3 is 9.47 Å². The van der Waals surface area contributed by atoms with Gasteiger partial charge in [-0.3, -0.25) is 14.2 Å². The van der Waals surface area contributed by atoms with E-state index < -0.39 is 11.9 Å². The lowest BCUT2D eigenvalue weighted by Crippen LogP contribution is -2.29. The zero-order valence-corrected chi connectivity index (χ0v) is 16.6. The number of fused-ring (bicyclic) bond motifs is 1. The molecular formula is C21H20FN7O. The molecule has 1 aliphatic rings. The second-order valence-electron chi connectivity index (χ2n) is 6.95. The maximum Gasteiger partial charge on any atom is 0.230 e. The van der Waals surface area contributed by atoms with Gasteiger partial charge >= 0.3 is 0 Å². The lowest BCUT2D eigenvalue weighted by Gasteiger charge is -2.24. The number of aliphatic imine (C=N–C) groups is 1. The van der Waals surface area contributed by atoms with E-state index in [0.717, 1.165) is 0 Å². The summed E-state index contributed by atoms with van der Waals surface area (Å²) in [7, 11) is 1.84. The van der Waals surface area contributed by atoms with Crippen molar-refractivity contribution in [2.75, 3.05) is 0 Å². The lowest BCUT2D eigenvalue weighted by atomic mass is 10.2. The largest absolute Gasteiger partial charge is 0.340 e. The van der Waals surface area contributed by atoms with Crippen molar-refractivity contribution in [1.82, 2.24) is 29.0 Å². The monoisotopic (exact) mass is 405 g/mol. The molecule has 152 valence electrons. The highest BCUT2D eigenvalue weighted by Crippen LogP contribution is 2.26. The Morgan fingerprint density at radius 3 is 2.87 bits per heavy atom. The minimum atomic E-state index is -0.516. The Morgan fingerprint density at radius 2 is 2.10 bits per heavy atom. The van der Waals surface area contributed by atoms with Gasteiger partial charge in [0.25, 0.3) is 0 Å². The summed E-state index contributed by atoms with van der Waals surface area (Å²) in [6.45, 7) is 5.64. The van der Waals surface area contributed by atoms with Crippen LogP contribution in [0.1, 0.15) is 25.2 Å². The molecule has 4 rings (SSSR count). The predicted molar refractivity (Wildman–Crippen MR) is 111 cm³/mol. The fourth-order valence-corrected chi connectivity index (χ4v) is 3.19. The van der Waals surface area contributed by atoms with Gasteiger partial charge in [0.05, 0.1) is 23.8 Å². The first-order chi connectivity index (χ1) is 14.4. The van der Waals surface area contributed by atoms with Crippen LogP contribution in [0.4, 0.5) is 4.39 Å². The van der Waals surface area contributed by atoms with Crippen LogP contribution in [-0.2, 0) is 11.8 Å². The standard InChI is InChI=1S/C21H20FN7O/c1-14-7-9-28(19(30)6-4-5-8-23-14)15(2)20-25-26-21-17(22)10-16(11-29(20)21)18-12-27(3)13-24-18/h4-5,7-13,15H,1,6H2,2-3H3/b5-4-,9-7-,23-8?/t15-/m0/s1. The third-order valence-corrected chi connectivity index (χ3v) is 4.75. The fraction of sp³-hybridized carbons (Fsp3) is 0.190. The summed E-state index contributed by atoms with van der Waals surface area (Å²) in [6.07, 6.45) is 13.6. The topological polar surface area (TPSA) is 80.7 Å². The summed E-state index contributed by atoms with van der Waals surface area (Å²) in [5.41, 5.74) is 1.80. The molecule has 3 aromatic rings. The van der Waals surface area contributed by atoms with E-state index in [-0.39, 0.29) is 18.0 Å². The number of rotatable bonds is 3. The van der Waals surface area contributed by atoms with Crippen LogP contribution in [0, 0.1) is 5.82 Å². The highest BCUT2D eigenvalue weighted by Gasteiger charge is 2.25. The molecule has 4 heterocycles.